The first-order valence-electron chi connectivity index (χ1n) is 12.7. The van der Waals surface area contributed by atoms with Gasteiger partial charge in [0.1, 0.15) is 29.6 Å². The summed E-state index contributed by atoms with van der Waals surface area (Å²) in [4.78, 5) is 29.4. The van der Waals surface area contributed by atoms with Crippen LogP contribution in [-0.2, 0) is 22.7 Å². The first-order chi connectivity index (χ1) is 18.1. The second-order valence-electron chi connectivity index (χ2n) is 9.36. The van der Waals surface area contributed by atoms with Crippen molar-refractivity contribution in [2.24, 2.45) is 0 Å². The monoisotopic (exact) mass is 501 g/mol. The van der Waals surface area contributed by atoms with Crippen LogP contribution in [0.15, 0.2) is 71.3 Å². The average Bonchev–Trinajstić information content (AvgIpc) is 3.59. The zero-order chi connectivity index (χ0) is 25.6. The molecule has 5 rings (SSSR count). The first kappa shape index (κ1) is 24.5. The Morgan fingerprint density at radius 3 is 2.73 bits per heavy atom. The van der Waals surface area contributed by atoms with E-state index in [4.69, 9.17) is 9.15 Å². The number of carbonyl (C=O) groups excluding carboxylic acids is 2. The predicted molar refractivity (Wildman–Crippen MR) is 138 cm³/mol. The van der Waals surface area contributed by atoms with Gasteiger partial charge in [-0.15, -0.1) is 5.10 Å². The number of fused-ring (bicyclic) bond motifs is 1. The lowest BCUT2D eigenvalue weighted by Crippen LogP contribution is -2.47. The molecular weight excluding hydrogens is 470 g/mol. The largest absolute Gasteiger partial charge is 0.497 e. The molecule has 0 unspecified atom stereocenters. The number of furan rings is 1. The second kappa shape index (κ2) is 11.3. The van der Waals surface area contributed by atoms with Gasteiger partial charge >= 0.3 is 0 Å². The van der Waals surface area contributed by atoms with Crippen LogP contribution in [0.5, 0.6) is 5.75 Å². The Morgan fingerprint density at radius 2 is 1.95 bits per heavy atom. The molecule has 1 N–H and O–H groups in total. The number of para-hydroxylation sites is 1. The molecule has 1 atom stereocenters. The van der Waals surface area contributed by atoms with Crippen LogP contribution in [0, 0.1) is 0 Å². The SMILES string of the molecule is COc1cccc([C@@H](C(=O)NC2CCCCC2)N(Cc2ccco2)C(=O)Cn2nnc3ccccc32)c1. The summed E-state index contributed by atoms with van der Waals surface area (Å²) in [5.74, 6) is 0.693. The fourth-order valence-corrected chi connectivity index (χ4v) is 4.96. The molecule has 1 aliphatic carbocycles. The second-order valence-corrected chi connectivity index (χ2v) is 9.36. The maximum Gasteiger partial charge on any atom is 0.247 e. The molecule has 9 nitrogen and oxygen atoms in total. The molecule has 0 saturated heterocycles. The van der Waals surface area contributed by atoms with Gasteiger partial charge in [-0.25, -0.2) is 4.68 Å². The minimum atomic E-state index is -0.885. The quantitative estimate of drug-likeness (QED) is 0.368. The minimum absolute atomic E-state index is 0.0710. The summed E-state index contributed by atoms with van der Waals surface area (Å²) < 4.78 is 12.6. The van der Waals surface area contributed by atoms with E-state index >= 15 is 0 Å². The highest BCUT2D eigenvalue weighted by molar-refractivity contribution is 5.89. The van der Waals surface area contributed by atoms with E-state index in [9.17, 15) is 9.59 Å². The Kier molecular flexibility index (Phi) is 7.49. The molecule has 1 aliphatic rings. The van der Waals surface area contributed by atoms with E-state index in [-0.39, 0.29) is 30.9 Å². The number of benzene rings is 2. The summed E-state index contributed by atoms with van der Waals surface area (Å²) in [5.41, 5.74) is 2.11. The Hall–Kier alpha value is -4.14. The fourth-order valence-electron chi connectivity index (χ4n) is 4.96. The Bertz CT molecular complexity index is 1340. The predicted octanol–water partition coefficient (Wildman–Crippen LogP) is 4.25. The summed E-state index contributed by atoms with van der Waals surface area (Å²) in [7, 11) is 1.58. The standard InChI is InChI=1S/C28H31N5O4/c1-36-22-12-7-9-20(17-22)27(28(35)29-21-10-3-2-4-11-21)32(18-23-13-8-16-37-23)26(34)19-33-25-15-6-5-14-24(25)30-31-33/h5-9,12-17,21,27H,2-4,10-11,18-19H2,1H3,(H,29,35)/t27-/m0/s1. The molecule has 1 fully saturated rings. The number of nitrogens with zero attached hydrogens (tertiary/aromatic N) is 4. The van der Waals surface area contributed by atoms with Gasteiger partial charge in [0.05, 0.1) is 25.4 Å². The number of methoxy groups -OCH3 is 1. The minimum Gasteiger partial charge on any atom is -0.497 e. The van der Waals surface area contributed by atoms with Gasteiger partial charge in [-0.3, -0.25) is 9.59 Å². The number of amides is 2. The molecule has 9 heteroatoms. The Balaban J connectivity index is 1.51. The number of hydrogen-bond acceptors (Lipinski definition) is 6. The molecule has 1 saturated carbocycles. The van der Waals surface area contributed by atoms with Gasteiger partial charge in [0.15, 0.2) is 0 Å². The van der Waals surface area contributed by atoms with Crippen LogP contribution in [0.1, 0.15) is 49.5 Å². The third kappa shape index (κ3) is 5.66. The molecule has 4 aromatic rings. The zero-order valence-electron chi connectivity index (χ0n) is 20.9. The van der Waals surface area contributed by atoms with Gasteiger partial charge in [-0.05, 0) is 54.8 Å². The van der Waals surface area contributed by atoms with E-state index in [0.29, 0.717) is 22.6 Å². The fraction of sp³-hybridized carbons (Fsp3) is 0.357. The zero-order valence-corrected chi connectivity index (χ0v) is 20.9. The van der Waals surface area contributed by atoms with Gasteiger partial charge < -0.3 is 19.4 Å². The average molecular weight is 502 g/mol. The maximum absolute atomic E-state index is 13.9. The molecular formula is C28H31N5O4. The molecule has 0 radical (unpaired) electrons. The third-order valence-corrected chi connectivity index (χ3v) is 6.85. The smallest absolute Gasteiger partial charge is 0.247 e. The summed E-state index contributed by atoms with van der Waals surface area (Å²) in [6, 6.07) is 17.5. The van der Waals surface area contributed by atoms with E-state index in [1.807, 2.05) is 42.5 Å². The van der Waals surface area contributed by atoms with E-state index in [2.05, 4.69) is 15.6 Å². The van der Waals surface area contributed by atoms with Crippen molar-refractivity contribution < 1.29 is 18.7 Å². The van der Waals surface area contributed by atoms with Crippen molar-refractivity contribution in [3.63, 3.8) is 0 Å². The van der Waals surface area contributed by atoms with Crippen LogP contribution in [0.4, 0.5) is 0 Å². The van der Waals surface area contributed by atoms with Gasteiger partial charge in [0.2, 0.25) is 11.8 Å². The number of nitrogens with one attached hydrogen (secondary N) is 1. The van der Waals surface area contributed by atoms with Crippen LogP contribution in [0.3, 0.4) is 0 Å². The summed E-state index contributed by atoms with van der Waals surface area (Å²) >= 11 is 0. The van der Waals surface area contributed by atoms with Crippen molar-refractivity contribution in [1.82, 2.24) is 25.2 Å². The van der Waals surface area contributed by atoms with Gasteiger partial charge in [0, 0.05) is 6.04 Å². The molecule has 37 heavy (non-hydrogen) atoms. The van der Waals surface area contributed by atoms with E-state index in [1.165, 1.54) is 6.42 Å². The number of hydrogen-bond donors (Lipinski definition) is 1. The van der Waals surface area contributed by atoms with Crippen molar-refractivity contribution in [1.29, 1.82) is 0 Å². The van der Waals surface area contributed by atoms with Crippen molar-refractivity contribution in [3.05, 3.63) is 78.3 Å². The van der Waals surface area contributed by atoms with Gasteiger partial charge in [-0.2, -0.15) is 0 Å². The highest BCUT2D eigenvalue weighted by atomic mass is 16.5. The van der Waals surface area contributed by atoms with Crippen molar-refractivity contribution in [3.8, 4) is 5.75 Å². The summed E-state index contributed by atoms with van der Waals surface area (Å²) in [5, 5.41) is 11.6. The Labute approximate surface area is 215 Å². The van der Waals surface area contributed by atoms with Crippen molar-refractivity contribution in [2.45, 2.75) is 57.3 Å². The number of aromatic nitrogens is 3. The van der Waals surface area contributed by atoms with Crippen LogP contribution in [0.2, 0.25) is 0 Å². The highest BCUT2D eigenvalue weighted by Crippen LogP contribution is 2.28. The molecule has 192 valence electrons. The summed E-state index contributed by atoms with van der Waals surface area (Å²) in [6.45, 7) is 0.0524. The lowest BCUT2D eigenvalue weighted by atomic mass is 9.94. The van der Waals surface area contributed by atoms with Gasteiger partial charge in [0.25, 0.3) is 0 Å². The lowest BCUT2D eigenvalue weighted by Gasteiger charge is -2.33. The van der Waals surface area contributed by atoms with Crippen LogP contribution in [0.25, 0.3) is 11.0 Å². The highest BCUT2D eigenvalue weighted by Gasteiger charge is 2.34. The normalized spacial score (nSPS) is 14.8. The molecule has 0 aliphatic heterocycles. The van der Waals surface area contributed by atoms with Crippen LogP contribution in [-0.4, -0.2) is 44.9 Å². The molecule has 0 bridgehead atoms. The number of rotatable bonds is 9. The molecule has 2 amide bonds. The van der Waals surface area contributed by atoms with Crippen molar-refractivity contribution in [2.75, 3.05) is 7.11 Å². The van der Waals surface area contributed by atoms with Gasteiger partial charge in [-0.1, -0.05) is 48.7 Å². The van der Waals surface area contributed by atoms with E-state index in [1.54, 1.807) is 41.2 Å². The first-order valence-corrected chi connectivity index (χ1v) is 12.7. The molecule has 2 aromatic heterocycles. The summed E-state index contributed by atoms with van der Waals surface area (Å²) in [6.07, 6.45) is 6.79. The molecule has 2 aromatic carbocycles. The third-order valence-electron chi connectivity index (χ3n) is 6.85. The number of carbonyl (C=O) groups is 2. The Morgan fingerprint density at radius 1 is 1.11 bits per heavy atom. The van der Waals surface area contributed by atoms with Crippen LogP contribution >= 0.6 is 0 Å². The molecule has 0 spiro atoms. The van der Waals surface area contributed by atoms with E-state index in [0.717, 1.165) is 31.2 Å². The maximum atomic E-state index is 13.9. The number of ether oxygens (including phenoxy) is 1. The topological polar surface area (TPSA) is 102 Å². The van der Waals surface area contributed by atoms with Crippen LogP contribution < -0.4 is 10.1 Å². The van der Waals surface area contributed by atoms with Crippen molar-refractivity contribution >= 4 is 22.8 Å². The van der Waals surface area contributed by atoms with E-state index < -0.39 is 6.04 Å². The lowest BCUT2D eigenvalue weighted by molar-refractivity contribution is -0.142. The molecule has 2 heterocycles.